The normalized spacial score (nSPS) is 31.1. The van der Waals surface area contributed by atoms with Crippen molar-refractivity contribution in [1.29, 1.82) is 0 Å². The summed E-state index contributed by atoms with van der Waals surface area (Å²) in [6, 6.07) is 1.59. The van der Waals surface area contributed by atoms with Crippen LogP contribution in [0.15, 0.2) is 29.5 Å². The Bertz CT molecular complexity index is 651. The van der Waals surface area contributed by atoms with Gasteiger partial charge in [0.1, 0.15) is 24.0 Å². The summed E-state index contributed by atoms with van der Waals surface area (Å²) < 4.78 is 7.77. The maximum Gasteiger partial charge on any atom is 0.336 e. The monoisotopic (exact) mass is 267 g/mol. The Kier molecular flexibility index (Phi) is 2.86. The van der Waals surface area contributed by atoms with E-state index in [2.05, 4.69) is 4.98 Å². The fourth-order valence-electron chi connectivity index (χ4n) is 2.24. The second-order valence-electron chi connectivity index (χ2n) is 4.39. The van der Waals surface area contributed by atoms with E-state index >= 15 is 0 Å². The van der Waals surface area contributed by atoms with E-state index in [1.807, 2.05) is 0 Å². The van der Waals surface area contributed by atoms with Crippen LogP contribution in [0.4, 0.5) is 0 Å². The highest BCUT2D eigenvalue weighted by molar-refractivity contribution is 5.35. The van der Waals surface area contributed by atoms with E-state index in [9.17, 15) is 15.0 Å². The number of aliphatic hydroxyl groups excluding tert-OH is 3. The molecule has 0 amide bonds. The second kappa shape index (κ2) is 4.42. The van der Waals surface area contributed by atoms with Gasteiger partial charge < -0.3 is 20.1 Å². The van der Waals surface area contributed by atoms with Crippen LogP contribution >= 0.6 is 0 Å². The van der Waals surface area contributed by atoms with Crippen molar-refractivity contribution in [3.63, 3.8) is 0 Å². The van der Waals surface area contributed by atoms with Crippen LogP contribution in [0.5, 0.6) is 0 Å². The van der Waals surface area contributed by atoms with Crippen LogP contribution in [-0.4, -0.2) is 54.2 Å². The van der Waals surface area contributed by atoms with E-state index in [1.54, 1.807) is 6.07 Å². The van der Waals surface area contributed by atoms with Crippen LogP contribution in [-0.2, 0) is 4.74 Å². The molecule has 4 atom stereocenters. The summed E-state index contributed by atoms with van der Waals surface area (Å²) in [7, 11) is 0. The Morgan fingerprint density at radius 3 is 2.79 bits per heavy atom. The minimum absolute atomic E-state index is 0.434. The highest BCUT2D eigenvalue weighted by atomic mass is 16.6. The molecule has 0 aliphatic carbocycles. The Morgan fingerprint density at radius 1 is 1.32 bits per heavy atom. The molecule has 0 radical (unpaired) electrons. The van der Waals surface area contributed by atoms with E-state index in [0.717, 1.165) is 4.57 Å². The van der Waals surface area contributed by atoms with Gasteiger partial charge in [-0.2, -0.15) is 0 Å². The Hall–Kier alpha value is -1.74. The molecule has 2 aromatic heterocycles. The zero-order valence-corrected chi connectivity index (χ0v) is 9.83. The predicted molar refractivity (Wildman–Crippen MR) is 62.5 cm³/mol. The van der Waals surface area contributed by atoms with Crippen molar-refractivity contribution >= 4 is 5.65 Å². The maximum atomic E-state index is 12.2. The van der Waals surface area contributed by atoms with Crippen molar-refractivity contribution in [3.8, 4) is 0 Å². The van der Waals surface area contributed by atoms with E-state index in [-0.39, 0.29) is 0 Å². The van der Waals surface area contributed by atoms with E-state index < -0.39 is 36.8 Å². The van der Waals surface area contributed by atoms with Gasteiger partial charge in [-0.3, -0.25) is 8.97 Å². The van der Waals surface area contributed by atoms with Crippen molar-refractivity contribution in [1.82, 2.24) is 14.0 Å². The van der Waals surface area contributed by atoms with Crippen LogP contribution in [0.1, 0.15) is 6.23 Å². The summed E-state index contributed by atoms with van der Waals surface area (Å²) in [4.78, 5) is 16.1. The number of hydrogen-bond donors (Lipinski definition) is 3. The standard InChI is InChI=1S/C11H13N3O5/c15-5-6-8(16)9(17)10(19-6)14-3-1-7-12-2-4-13(7)11(14)18/h1-4,6,8-10,15-17H,5H2/t6-,8+,9-,10+/m0/s1. The van der Waals surface area contributed by atoms with Gasteiger partial charge in [0.05, 0.1) is 6.61 Å². The van der Waals surface area contributed by atoms with Gasteiger partial charge >= 0.3 is 5.69 Å². The van der Waals surface area contributed by atoms with Gasteiger partial charge in [0, 0.05) is 18.6 Å². The fraction of sp³-hybridized carbons (Fsp3) is 0.455. The molecular formula is C11H13N3O5. The van der Waals surface area contributed by atoms with Gasteiger partial charge in [0.15, 0.2) is 6.23 Å². The highest BCUT2D eigenvalue weighted by Gasteiger charge is 2.43. The lowest BCUT2D eigenvalue weighted by molar-refractivity contribution is -0.0550. The Morgan fingerprint density at radius 2 is 2.11 bits per heavy atom. The third-order valence-electron chi connectivity index (χ3n) is 3.27. The van der Waals surface area contributed by atoms with Gasteiger partial charge in [0.25, 0.3) is 0 Å². The number of aromatic nitrogens is 3. The molecule has 0 unspecified atom stereocenters. The van der Waals surface area contributed by atoms with Crippen LogP contribution in [0, 0.1) is 0 Å². The number of fused-ring (bicyclic) bond motifs is 1. The van der Waals surface area contributed by atoms with Crippen molar-refractivity contribution in [3.05, 3.63) is 35.1 Å². The molecule has 3 heterocycles. The maximum absolute atomic E-state index is 12.2. The molecule has 2 aromatic rings. The molecular weight excluding hydrogens is 254 g/mol. The SMILES string of the molecule is O=c1n([C@@H]2O[C@@H](CO)[C@@H](O)[C@@H]2O)ccc2nccn12. The van der Waals surface area contributed by atoms with Crippen molar-refractivity contribution < 1.29 is 20.1 Å². The predicted octanol–water partition coefficient (Wildman–Crippen LogP) is -1.89. The average molecular weight is 267 g/mol. The highest BCUT2D eigenvalue weighted by Crippen LogP contribution is 2.27. The summed E-state index contributed by atoms with van der Waals surface area (Å²) in [6.45, 7) is -0.434. The molecule has 0 bridgehead atoms. The summed E-state index contributed by atoms with van der Waals surface area (Å²) in [5, 5.41) is 28.6. The molecule has 19 heavy (non-hydrogen) atoms. The molecule has 3 N–H and O–H groups in total. The second-order valence-corrected chi connectivity index (χ2v) is 4.39. The van der Waals surface area contributed by atoms with Crippen LogP contribution in [0.25, 0.3) is 5.65 Å². The van der Waals surface area contributed by atoms with Crippen molar-refractivity contribution in [2.75, 3.05) is 6.61 Å². The number of aliphatic hydroxyl groups is 3. The van der Waals surface area contributed by atoms with Gasteiger partial charge in [-0.05, 0) is 6.07 Å². The van der Waals surface area contributed by atoms with Crippen LogP contribution in [0.2, 0.25) is 0 Å². The molecule has 102 valence electrons. The summed E-state index contributed by atoms with van der Waals surface area (Å²) in [5.41, 5.74) is 0.0397. The van der Waals surface area contributed by atoms with Crippen molar-refractivity contribution in [2.45, 2.75) is 24.5 Å². The molecule has 0 saturated carbocycles. The quantitative estimate of drug-likeness (QED) is 0.587. The lowest BCUT2D eigenvalue weighted by atomic mass is 10.1. The largest absolute Gasteiger partial charge is 0.394 e. The number of ether oxygens (including phenoxy) is 1. The third kappa shape index (κ3) is 1.77. The fourth-order valence-corrected chi connectivity index (χ4v) is 2.24. The van der Waals surface area contributed by atoms with Gasteiger partial charge in [0.2, 0.25) is 0 Å². The molecule has 1 aliphatic heterocycles. The average Bonchev–Trinajstić information content (AvgIpc) is 2.98. The number of rotatable bonds is 2. The zero-order chi connectivity index (χ0) is 13.6. The third-order valence-corrected chi connectivity index (χ3v) is 3.27. The molecule has 1 saturated heterocycles. The van der Waals surface area contributed by atoms with Gasteiger partial charge in [-0.15, -0.1) is 0 Å². The smallest absolute Gasteiger partial charge is 0.336 e. The van der Waals surface area contributed by atoms with Crippen molar-refractivity contribution in [2.24, 2.45) is 0 Å². The number of nitrogens with zero attached hydrogens (tertiary/aromatic N) is 3. The minimum Gasteiger partial charge on any atom is -0.394 e. The van der Waals surface area contributed by atoms with Crippen LogP contribution < -0.4 is 5.69 Å². The summed E-state index contributed by atoms with van der Waals surface area (Å²) in [5.74, 6) is 0. The Balaban J connectivity index is 2.05. The molecule has 3 rings (SSSR count). The van der Waals surface area contributed by atoms with Gasteiger partial charge in [-0.25, -0.2) is 9.78 Å². The van der Waals surface area contributed by atoms with E-state index in [4.69, 9.17) is 9.84 Å². The summed E-state index contributed by atoms with van der Waals surface area (Å²) >= 11 is 0. The van der Waals surface area contributed by atoms with Gasteiger partial charge in [-0.1, -0.05) is 0 Å². The lowest BCUT2D eigenvalue weighted by Gasteiger charge is -2.17. The minimum atomic E-state index is -1.28. The topological polar surface area (TPSA) is 109 Å². The van der Waals surface area contributed by atoms with E-state index in [0.29, 0.717) is 5.65 Å². The molecule has 1 fully saturated rings. The number of hydrogen-bond acceptors (Lipinski definition) is 6. The first-order valence-electron chi connectivity index (χ1n) is 5.80. The zero-order valence-electron chi connectivity index (χ0n) is 9.83. The first-order valence-corrected chi connectivity index (χ1v) is 5.80. The molecule has 0 spiro atoms. The molecule has 0 aromatic carbocycles. The van der Waals surface area contributed by atoms with E-state index in [1.165, 1.54) is 23.0 Å². The summed E-state index contributed by atoms with van der Waals surface area (Å²) in [6.07, 6.45) is -0.0492. The first kappa shape index (κ1) is 12.3. The van der Waals surface area contributed by atoms with Crippen LogP contribution in [0.3, 0.4) is 0 Å². The molecule has 8 nitrogen and oxygen atoms in total. The lowest BCUT2D eigenvalue weighted by Crippen LogP contribution is -2.36. The molecule has 1 aliphatic rings. The first-order chi connectivity index (χ1) is 9.13. The molecule has 8 heteroatoms. The number of imidazole rings is 1. The Labute approximate surface area is 107 Å².